The Hall–Kier alpha value is -1.43. The third kappa shape index (κ3) is 3.29. The Morgan fingerprint density at radius 1 is 1.39 bits per heavy atom. The summed E-state index contributed by atoms with van der Waals surface area (Å²) in [5, 5.41) is 11.3. The van der Waals surface area contributed by atoms with Gasteiger partial charge in [0.1, 0.15) is 5.82 Å². The summed E-state index contributed by atoms with van der Waals surface area (Å²) < 4.78 is 13.3. The van der Waals surface area contributed by atoms with Crippen molar-refractivity contribution >= 4 is 27.8 Å². The van der Waals surface area contributed by atoms with Crippen molar-refractivity contribution in [2.24, 2.45) is 5.92 Å². The predicted molar refractivity (Wildman–Crippen MR) is 67.8 cm³/mol. The molecule has 0 aromatic heterocycles. The van der Waals surface area contributed by atoms with Crippen LogP contribution in [0.15, 0.2) is 22.7 Å². The lowest BCUT2D eigenvalue weighted by molar-refractivity contribution is -0.141. The Morgan fingerprint density at radius 3 is 2.56 bits per heavy atom. The molecule has 2 unspecified atom stereocenters. The number of aliphatic carboxylic acids is 1. The van der Waals surface area contributed by atoms with Crippen molar-refractivity contribution in [3.05, 3.63) is 34.1 Å². The van der Waals surface area contributed by atoms with E-state index in [1.54, 1.807) is 6.92 Å². The standard InChI is InChI=1S/C12H13BrFNO3/c1-6(12(17)18)7(2)15-11(16)8-4-3-5-9(14)10(8)13/h3-7H,1-2H3,(H,15,16)(H,17,18). The normalized spacial score (nSPS) is 13.8. The minimum absolute atomic E-state index is 0.0673. The third-order valence-electron chi connectivity index (χ3n) is 2.69. The molecule has 6 heteroatoms. The van der Waals surface area contributed by atoms with Gasteiger partial charge in [0.05, 0.1) is 16.0 Å². The van der Waals surface area contributed by atoms with E-state index in [1.165, 1.54) is 25.1 Å². The van der Waals surface area contributed by atoms with Gasteiger partial charge >= 0.3 is 5.97 Å². The number of benzene rings is 1. The maximum atomic E-state index is 13.2. The molecule has 0 aliphatic heterocycles. The number of halogens is 2. The highest BCUT2D eigenvalue weighted by atomic mass is 79.9. The van der Waals surface area contributed by atoms with Crippen LogP contribution in [-0.2, 0) is 4.79 Å². The molecular formula is C12H13BrFNO3. The number of hydrogen-bond donors (Lipinski definition) is 2. The summed E-state index contributed by atoms with van der Waals surface area (Å²) >= 11 is 2.98. The highest BCUT2D eigenvalue weighted by Gasteiger charge is 2.22. The van der Waals surface area contributed by atoms with Crippen molar-refractivity contribution in [2.45, 2.75) is 19.9 Å². The van der Waals surface area contributed by atoms with Gasteiger partial charge in [-0.3, -0.25) is 9.59 Å². The SMILES string of the molecule is CC(NC(=O)c1cccc(F)c1Br)C(C)C(=O)O. The second kappa shape index (κ2) is 5.95. The third-order valence-corrected chi connectivity index (χ3v) is 3.50. The van der Waals surface area contributed by atoms with E-state index in [1.807, 2.05) is 0 Å². The largest absolute Gasteiger partial charge is 0.481 e. The van der Waals surface area contributed by atoms with E-state index in [0.29, 0.717) is 0 Å². The summed E-state index contributed by atoms with van der Waals surface area (Å²) in [7, 11) is 0. The average molecular weight is 318 g/mol. The van der Waals surface area contributed by atoms with Gasteiger partial charge in [-0.25, -0.2) is 4.39 Å². The van der Waals surface area contributed by atoms with Gasteiger partial charge in [0.25, 0.3) is 5.91 Å². The second-order valence-corrected chi connectivity index (χ2v) is 4.78. The molecule has 0 aliphatic rings. The van der Waals surface area contributed by atoms with Crippen LogP contribution in [-0.4, -0.2) is 23.0 Å². The Kier molecular flexibility index (Phi) is 4.84. The number of amides is 1. The van der Waals surface area contributed by atoms with E-state index in [0.717, 1.165) is 0 Å². The lowest BCUT2D eigenvalue weighted by Crippen LogP contribution is -2.40. The number of carboxylic acid groups (broad SMARTS) is 1. The van der Waals surface area contributed by atoms with Crippen molar-refractivity contribution in [3.8, 4) is 0 Å². The lowest BCUT2D eigenvalue weighted by atomic mass is 10.0. The van der Waals surface area contributed by atoms with Crippen LogP contribution >= 0.6 is 15.9 Å². The Bertz CT molecular complexity index is 478. The zero-order chi connectivity index (χ0) is 13.9. The minimum atomic E-state index is -0.999. The maximum Gasteiger partial charge on any atom is 0.308 e. The Balaban J connectivity index is 2.83. The smallest absolute Gasteiger partial charge is 0.308 e. The fourth-order valence-electron chi connectivity index (χ4n) is 1.30. The summed E-state index contributed by atoms with van der Waals surface area (Å²) in [6, 6.07) is 3.55. The van der Waals surface area contributed by atoms with Crippen LogP contribution < -0.4 is 5.32 Å². The van der Waals surface area contributed by atoms with Gasteiger partial charge in [-0.2, -0.15) is 0 Å². The number of rotatable bonds is 4. The highest BCUT2D eigenvalue weighted by molar-refractivity contribution is 9.10. The molecule has 98 valence electrons. The molecule has 0 aliphatic carbocycles. The molecule has 1 rings (SSSR count). The van der Waals surface area contributed by atoms with E-state index >= 15 is 0 Å². The minimum Gasteiger partial charge on any atom is -0.481 e. The summed E-state index contributed by atoms with van der Waals surface area (Å²) in [5.74, 6) is -2.77. The molecule has 1 aromatic rings. The Labute approximate surface area is 112 Å². The van der Waals surface area contributed by atoms with Crippen molar-refractivity contribution in [1.29, 1.82) is 0 Å². The first-order valence-electron chi connectivity index (χ1n) is 5.32. The van der Waals surface area contributed by atoms with E-state index in [4.69, 9.17) is 5.11 Å². The summed E-state index contributed by atoms with van der Waals surface area (Å²) in [6.45, 7) is 3.08. The van der Waals surface area contributed by atoms with Gasteiger partial charge in [-0.05, 0) is 41.9 Å². The van der Waals surface area contributed by atoms with Gasteiger partial charge < -0.3 is 10.4 Å². The van der Waals surface area contributed by atoms with Crippen LogP contribution in [0.25, 0.3) is 0 Å². The molecule has 0 saturated heterocycles. The monoisotopic (exact) mass is 317 g/mol. The van der Waals surface area contributed by atoms with Crippen molar-refractivity contribution in [1.82, 2.24) is 5.32 Å². The van der Waals surface area contributed by atoms with E-state index in [2.05, 4.69) is 21.2 Å². The quantitative estimate of drug-likeness (QED) is 0.896. The van der Waals surface area contributed by atoms with Gasteiger partial charge in [0.15, 0.2) is 0 Å². The zero-order valence-electron chi connectivity index (χ0n) is 9.91. The van der Waals surface area contributed by atoms with Gasteiger partial charge in [-0.1, -0.05) is 6.07 Å². The molecule has 2 atom stereocenters. The first-order chi connectivity index (χ1) is 8.34. The predicted octanol–water partition coefficient (Wildman–Crippen LogP) is 2.43. The number of carbonyl (C=O) groups excluding carboxylic acids is 1. The number of carbonyl (C=O) groups is 2. The topological polar surface area (TPSA) is 66.4 Å². The fourth-order valence-corrected chi connectivity index (χ4v) is 1.75. The number of hydrogen-bond acceptors (Lipinski definition) is 2. The van der Waals surface area contributed by atoms with Crippen LogP contribution in [0.1, 0.15) is 24.2 Å². The molecule has 18 heavy (non-hydrogen) atoms. The fraction of sp³-hybridized carbons (Fsp3) is 0.333. The summed E-state index contributed by atoms with van der Waals surface area (Å²) in [6.07, 6.45) is 0. The van der Waals surface area contributed by atoms with Gasteiger partial charge in [-0.15, -0.1) is 0 Å². The van der Waals surface area contributed by atoms with Crippen molar-refractivity contribution in [2.75, 3.05) is 0 Å². The summed E-state index contributed by atoms with van der Waals surface area (Å²) in [4.78, 5) is 22.6. The first kappa shape index (κ1) is 14.6. The molecule has 1 aromatic carbocycles. The van der Waals surface area contributed by atoms with E-state index in [-0.39, 0.29) is 10.0 Å². The zero-order valence-corrected chi connectivity index (χ0v) is 11.5. The van der Waals surface area contributed by atoms with Crippen molar-refractivity contribution < 1.29 is 19.1 Å². The molecule has 1 amide bonds. The molecule has 4 nitrogen and oxygen atoms in total. The molecule has 0 fully saturated rings. The molecule has 2 N–H and O–H groups in total. The average Bonchev–Trinajstić information content (AvgIpc) is 2.31. The molecule has 0 spiro atoms. The highest BCUT2D eigenvalue weighted by Crippen LogP contribution is 2.20. The maximum absolute atomic E-state index is 13.2. The van der Waals surface area contributed by atoms with Crippen LogP contribution in [0.5, 0.6) is 0 Å². The van der Waals surface area contributed by atoms with Crippen LogP contribution in [0.3, 0.4) is 0 Å². The van der Waals surface area contributed by atoms with Crippen LogP contribution in [0, 0.1) is 11.7 Å². The van der Waals surface area contributed by atoms with E-state index < -0.39 is 29.7 Å². The first-order valence-corrected chi connectivity index (χ1v) is 6.11. The van der Waals surface area contributed by atoms with Gasteiger partial charge in [0.2, 0.25) is 0 Å². The lowest BCUT2D eigenvalue weighted by Gasteiger charge is -2.18. The van der Waals surface area contributed by atoms with E-state index in [9.17, 15) is 14.0 Å². The molecule has 0 radical (unpaired) electrons. The molecular weight excluding hydrogens is 305 g/mol. The van der Waals surface area contributed by atoms with Crippen LogP contribution in [0.4, 0.5) is 4.39 Å². The Morgan fingerprint density at radius 2 is 2.00 bits per heavy atom. The molecule has 0 bridgehead atoms. The van der Waals surface area contributed by atoms with Crippen LogP contribution in [0.2, 0.25) is 0 Å². The van der Waals surface area contributed by atoms with Crippen molar-refractivity contribution in [3.63, 3.8) is 0 Å². The summed E-state index contributed by atoms with van der Waals surface area (Å²) in [5.41, 5.74) is 0.138. The van der Waals surface area contributed by atoms with Gasteiger partial charge in [0, 0.05) is 6.04 Å². The number of nitrogens with one attached hydrogen (secondary N) is 1. The second-order valence-electron chi connectivity index (χ2n) is 3.99. The number of carboxylic acids is 1. The molecule has 0 saturated carbocycles. The molecule has 0 heterocycles.